The predicted octanol–water partition coefficient (Wildman–Crippen LogP) is 2.02. The fourth-order valence-electron chi connectivity index (χ4n) is 3.52. The molecule has 1 saturated heterocycles. The van der Waals surface area contributed by atoms with E-state index in [4.69, 9.17) is 4.42 Å². The highest BCUT2D eigenvalue weighted by Gasteiger charge is 2.21. The second-order valence-electron chi connectivity index (χ2n) is 7.65. The fourth-order valence-corrected chi connectivity index (χ4v) is 3.52. The highest BCUT2D eigenvalue weighted by Crippen LogP contribution is 2.23. The molecule has 0 radical (unpaired) electrons. The molecule has 0 unspecified atom stereocenters. The van der Waals surface area contributed by atoms with Gasteiger partial charge in [0, 0.05) is 62.1 Å². The van der Waals surface area contributed by atoms with Crippen LogP contribution in [0.4, 0.5) is 11.8 Å². The lowest BCUT2D eigenvalue weighted by Crippen LogP contribution is -2.44. The molecule has 10 heteroatoms. The first-order valence-corrected chi connectivity index (χ1v) is 10.0. The van der Waals surface area contributed by atoms with Gasteiger partial charge in [-0.1, -0.05) is 0 Å². The number of oxazole rings is 1. The maximum Gasteiger partial charge on any atom is 0.298 e. The lowest BCUT2D eigenvalue weighted by Gasteiger charge is -2.31. The molecule has 1 amide bonds. The number of anilines is 2. The minimum Gasteiger partial charge on any atom is -0.431 e. The van der Waals surface area contributed by atoms with Crippen molar-refractivity contribution in [1.82, 2.24) is 29.6 Å². The monoisotopic (exact) mass is 418 g/mol. The van der Waals surface area contributed by atoms with Crippen LogP contribution in [-0.2, 0) is 7.05 Å². The van der Waals surface area contributed by atoms with Crippen LogP contribution in [-0.4, -0.2) is 68.8 Å². The Bertz CT molecular complexity index is 1240. The summed E-state index contributed by atoms with van der Waals surface area (Å²) in [7, 11) is 3.95. The maximum atomic E-state index is 12.7. The molecule has 0 aromatic carbocycles. The Labute approximate surface area is 178 Å². The zero-order valence-electron chi connectivity index (χ0n) is 17.3. The Morgan fingerprint density at radius 3 is 2.65 bits per heavy atom. The smallest absolute Gasteiger partial charge is 0.298 e. The van der Waals surface area contributed by atoms with Gasteiger partial charge in [-0.05, 0) is 19.2 Å². The van der Waals surface area contributed by atoms with Crippen molar-refractivity contribution in [2.24, 2.45) is 7.05 Å². The first-order valence-electron chi connectivity index (χ1n) is 10.0. The summed E-state index contributed by atoms with van der Waals surface area (Å²) in [5, 5.41) is 7.86. The van der Waals surface area contributed by atoms with Crippen LogP contribution in [0, 0.1) is 0 Å². The number of hydrogen-bond acceptors (Lipinski definition) is 8. The van der Waals surface area contributed by atoms with Gasteiger partial charge in [-0.15, -0.1) is 0 Å². The van der Waals surface area contributed by atoms with Crippen molar-refractivity contribution in [1.29, 1.82) is 0 Å². The number of fused-ring (bicyclic) bond motifs is 1. The normalized spacial score (nSPS) is 14.8. The molecule has 0 saturated carbocycles. The number of amides is 1. The number of aromatic nitrogens is 5. The minimum absolute atomic E-state index is 0.220. The largest absolute Gasteiger partial charge is 0.431 e. The Kier molecular flexibility index (Phi) is 4.83. The zero-order chi connectivity index (χ0) is 21.4. The van der Waals surface area contributed by atoms with E-state index >= 15 is 0 Å². The number of nitrogens with zero attached hydrogens (tertiary/aromatic N) is 7. The van der Waals surface area contributed by atoms with Gasteiger partial charge in [0.1, 0.15) is 12.1 Å². The molecule has 1 fully saturated rings. The first-order chi connectivity index (χ1) is 15.0. The summed E-state index contributed by atoms with van der Waals surface area (Å²) in [6.07, 6.45) is 8.52. The third kappa shape index (κ3) is 3.97. The lowest BCUT2D eigenvalue weighted by atomic mass is 10.1. The Morgan fingerprint density at radius 1 is 1.03 bits per heavy atom. The van der Waals surface area contributed by atoms with E-state index in [0.29, 0.717) is 11.8 Å². The van der Waals surface area contributed by atoms with Crippen molar-refractivity contribution in [2.45, 2.75) is 0 Å². The molecule has 1 N–H and O–H groups in total. The molecule has 4 aromatic heterocycles. The van der Waals surface area contributed by atoms with Crippen LogP contribution in [0.3, 0.4) is 0 Å². The Morgan fingerprint density at radius 2 is 1.87 bits per heavy atom. The highest BCUT2D eigenvalue weighted by atomic mass is 16.4. The van der Waals surface area contributed by atoms with Crippen LogP contribution in [0.25, 0.3) is 22.0 Å². The number of rotatable bonds is 4. The van der Waals surface area contributed by atoms with Gasteiger partial charge in [-0.2, -0.15) is 10.1 Å². The number of pyridine rings is 2. The Hall–Kier alpha value is -3.79. The van der Waals surface area contributed by atoms with E-state index in [9.17, 15) is 4.79 Å². The van der Waals surface area contributed by atoms with E-state index in [-0.39, 0.29) is 11.6 Å². The molecular formula is C21H22N8O2. The van der Waals surface area contributed by atoms with Crippen LogP contribution < -0.4 is 10.2 Å². The molecule has 0 spiro atoms. The number of likely N-dealkylation sites (N-methyl/N-ethyl adjacent to an activating group) is 1. The quantitative estimate of drug-likeness (QED) is 0.537. The van der Waals surface area contributed by atoms with Crippen molar-refractivity contribution < 1.29 is 9.21 Å². The summed E-state index contributed by atoms with van der Waals surface area (Å²) >= 11 is 0. The van der Waals surface area contributed by atoms with Gasteiger partial charge in [-0.25, -0.2) is 4.98 Å². The summed E-state index contributed by atoms with van der Waals surface area (Å²) < 4.78 is 7.27. The molecule has 158 valence electrons. The van der Waals surface area contributed by atoms with Gasteiger partial charge < -0.3 is 19.5 Å². The zero-order valence-corrected chi connectivity index (χ0v) is 17.3. The van der Waals surface area contributed by atoms with Gasteiger partial charge in [0.2, 0.25) is 0 Å². The number of hydrogen-bond donors (Lipinski definition) is 1. The van der Waals surface area contributed by atoms with Crippen LogP contribution in [0.15, 0.2) is 47.6 Å². The summed E-state index contributed by atoms with van der Waals surface area (Å²) in [4.78, 5) is 30.1. The van der Waals surface area contributed by atoms with Crippen LogP contribution in [0.1, 0.15) is 10.5 Å². The molecule has 5 heterocycles. The third-order valence-electron chi connectivity index (χ3n) is 5.35. The van der Waals surface area contributed by atoms with Crippen molar-refractivity contribution in [3.8, 4) is 11.1 Å². The highest BCUT2D eigenvalue weighted by molar-refractivity contribution is 6.03. The van der Waals surface area contributed by atoms with Crippen molar-refractivity contribution in [3.63, 3.8) is 0 Å². The molecule has 5 rings (SSSR count). The molecule has 4 aromatic rings. The number of piperazine rings is 1. The van der Waals surface area contributed by atoms with Crippen LogP contribution in [0.5, 0.6) is 0 Å². The summed E-state index contributed by atoms with van der Waals surface area (Å²) in [5.41, 5.74) is 2.87. The predicted molar refractivity (Wildman–Crippen MR) is 116 cm³/mol. The lowest BCUT2D eigenvalue weighted by molar-refractivity contribution is 0.102. The third-order valence-corrected chi connectivity index (χ3v) is 5.35. The minimum atomic E-state index is -0.368. The van der Waals surface area contributed by atoms with E-state index in [1.54, 1.807) is 29.3 Å². The first kappa shape index (κ1) is 19.2. The Balaban J connectivity index is 1.33. The van der Waals surface area contributed by atoms with Crippen molar-refractivity contribution in [3.05, 3.63) is 48.9 Å². The van der Waals surface area contributed by atoms with Gasteiger partial charge in [0.05, 0.1) is 17.9 Å². The van der Waals surface area contributed by atoms with E-state index in [2.05, 4.69) is 37.3 Å². The molecule has 0 bridgehead atoms. The van der Waals surface area contributed by atoms with Gasteiger partial charge >= 0.3 is 0 Å². The van der Waals surface area contributed by atoms with Crippen LogP contribution in [0.2, 0.25) is 0 Å². The van der Waals surface area contributed by atoms with Crippen LogP contribution >= 0.6 is 0 Å². The number of nitrogens with one attached hydrogen (secondary N) is 1. The number of carbonyl (C=O) groups is 1. The summed E-state index contributed by atoms with van der Waals surface area (Å²) in [6.45, 7) is 3.49. The molecule has 31 heavy (non-hydrogen) atoms. The van der Waals surface area contributed by atoms with Crippen molar-refractivity contribution in [2.75, 3.05) is 43.4 Å². The number of carbonyl (C=O) groups excluding carboxylic acids is 1. The topological polar surface area (TPSA) is 105 Å². The molecule has 1 aliphatic rings. The average molecular weight is 418 g/mol. The van der Waals surface area contributed by atoms with Gasteiger partial charge in [-0.3, -0.25) is 14.5 Å². The SMILES string of the molecule is CN1CCN(c2nc(C(=O)Nc3cc4cc(-c5cnn(C)c5)cnc4cn3)co2)CC1. The van der Waals surface area contributed by atoms with Crippen molar-refractivity contribution >= 4 is 28.6 Å². The van der Waals surface area contributed by atoms with E-state index in [0.717, 1.165) is 48.2 Å². The molecule has 1 aliphatic heterocycles. The van der Waals surface area contributed by atoms with E-state index in [1.807, 2.05) is 24.2 Å². The molecule has 0 aliphatic carbocycles. The molecular weight excluding hydrogens is 396 g/mol. The van der Waals surface area contributed by atoms with E-state index in [1.165, 1.54) is 6.26 Å². The summed E-state index contributed by atoms with van der Waals surface area (Å²) in [5.74, 6) is 0.0548. The van der Waals surface area contributed by atoms with Gasteiger partial charge in [0.15, 0.2) is 5.69 Å². The van der Waals surface area contributed by atoms with Gasteiger partial charge in [0.25, 0.3) is 11.9 Å². The standard InChI is InChI=1S/C21H22N8O2/c1-27-3-5-29(6-4-27)21-25-18(13-31-21)20(30)26-19-8-14-7-15(9-22-17(14)11-23-19)16-10-24-28(2)12-16/h7-13H,3-6H2,1-2H3,(H,23,26,30). The molecule has 0 atom stereocenters. The fraction of sp³-hybridized carbons (Fsp3) is 0.286. The van der Waals surface area contributed by atoms with E-state index < -0.39 is 0 Å². The number of aryl methyl sites for hydroxylation is 1. The second-order valence-corrected chi connectivity index (χ2v) is 7.65. The maximum absolute atomic E-state index is 12.7. The molecule has 10 nitrogen and oxygen atoms in total. The average Bonchev–Trinajstić information content (AvgIpc) is 3.43. The second kappa shape index (κ2) is 7.80. The summed E-state index contributed by atoms with van der Waals surface area (Å²) in [6, 6.07) is 4.26.